The first-order chi connectivity index (χ1) is 7.62. The molecule has 0 bridgehead atoms. The van der Waals surface area contributed by atoms with Crippen LogP contribution in [0.2, 0.25) is 0 Å². The first-order valence-corrected chi connectivity index (χ1v) is 8.38. The Hall–Kier alpha value is -0.0900. The van der Waals surface area contributed by atoms with Crippen molar-refractivity contribution in [3.8, 4) is 0 Å². The van der Waals surface area contributed by atoms with E-state index in [1.54, 1.807) is 6.92 Å². The van der Waals surface area contributed by atoms with Crippen LogP contribution in [0.4, 0.5) is 0 Å². The van der Waals surface area contributed by atoms with E-state index in [0.29, 0.717) is 11.8 Å². The van der Waals surface area contributed by atoms with E-state index in [4.69, 9.17) is 0 Å². The monoisotopic (exact) mass is 245 g/mol. The van der Waals surface area contributed by atoms with E-state index in [9.17, 15) is 8.42 Å². The molecule has 0 aromatic rings. The highest BCUT2D eigenvalue weighted by atomic mass is 32.2. The minimum atomic E-state index is -2.77. The lowest BCUT2D eigenvalue weighted by molar-refractivity contribution is 0.418. The summed E-state index contributed by atoms with van der Waals surface area (Å²) < 4.78 is 22.6. The Morgan fingerprint density at radius 2 is 1.75 bits per heavy atom. The summed E-state index contributed by atoms with van der Waals surface area (Å²) in [7, 11) is -2.77. The van der Waals surface area contributed by atoms with E-state index in [1.165, 1.54) is 25.7 Å². The summed E-state index contributed by atoms with van der Waals surface area (Å²) in [6.07, 6.45) is 6.28. The Labute approximate surface area is 98.9 Å². The van der Waals surface area contributed by atoms with Crippen LogP contribution in [0, 0.1) is 11.8 Å². The maximum Gasteiger partial charge on any atom is 0.150 e. The zero-order chi connectivity index (χ0) is 11.6. The fourth-order valence-electron chi connectivity index (χ4n) is 2.33. The van der Waals surface area contributed by atoms with Crippen LogP contribution in [0.3, 0.4) is 0 Å². The van der Waals surface area contributed by atoms with Gasteiger partial charge in [-0.25, -0.2) is 8.42 Å². The number of sulfone groups is 1. The molecule has 16 heavy (non-hydrogen) atoms. The van der Waals surface area contributed by atoms with Crippen LogP contribution in [0.25, 0.3) is 0 Å². The standard InChI is InChI=1S/C12H23NO2S/c1-2-16(14,15)9-3-8-13-12(10-4-5-10)11-6-7-11/h10-13H,2-9H2,1H3. The van der Waals surface area contributed by atoms with Gasteiger partial charge in [0.15, 0.2) is 0 Å². The minimum absolute atomic E-state index is 0.279. The molecule has 0 radical (unpaired) electrons. The summed E-state index contributed by atoms with van der Waals surface area (Å²) in [6, 6.07) is 0.698. The maximum atomic E-state index is 11.3. The molecule has 0 atom stereocenters. The van der Waals surface area contributed by atoms with Crippen molar-refractivity contribution in [3.63, 3.8) is 0 Å². The summed E-state index contributed by atoms with van der Waals surface area (Å²) >= 11 is 0. The number of hydrogen-bond donors (Lipinski definition) is 1. The van der Waals surface area contributed by atoms with E-state index in [1.807, 2.05) is 0 Å². The Balaban J connectivity index is 1.63. The summed E-state index contributed by atoms with van der Waals surface area (Å²) in [5.41, 5.74) is 0. The van der Waals surface area contributed by atoms with Gasteiger partial charge in [-0.3, -0.25) is 0 Å². The molecule has 3 nitrogen and oxygen atoms in total. The third kappa shape index (κ3) is 3.74. The second-order valence-corrected chi connectivity index (χ2v) is 7.72. The molecule has 0 spiro atoms. The van der Waals surface area contributed by atoms with Crippen molar-refractivity contribution >= 4 is 9.84 Å². The van der Waals surface area contributed by atoms with Gasteiger partial charge in [0.1, 0.15) is 9.84 Å². The highest BCUT2D eigenvalue weighted by Gasteiger charge is 2.40. The molecule has 94 valence electrons. The van der Waals surface area contributed by atoms with Crippen LogP contribution in [-0.4, -0.2) is 32.5 Å². The molecule has 0 aromatic carbocycles. The average Bonchev–Trinajstić information content (AvgIpc) is 3.11. The van der Waals surface area contributed by atoms with Crippen LogP contribution in [0.5, 0.6) is 0 Å². The third-order valence-electron chi connectivity index (χ3n) is 3.71. The molecule has 0 aliphatic heterocycles. The zero-order valence-corrected chi connectivity index (χ0v) is 10.9. The van der Waals surface area contributed by atoms with Crippen LogP contribution in [-0.2, 0) is 9.84 Å². The first-order valence-electron chi connectivity index (χ1n) is 6.56. The SMILES string of the molecule is CCS(=O)(=O)CCCNC(C1CC1)C1CC1. The fourth-order valence-corrected chi connectivity index (χ4v) is 3.21. The van der Waals surface area contributed by atoms with Crippen molar-refractivity contribution in [3.05, 3.63) is 0 Å². The summed E-state index contributed by atoms with van der Waals surface area (Å²) in [6.45, 7) is 2.59. The summed E-state index contributed by atoms with van der Waals surface area (Å²) in [5, 5.41) is 3.58. The first kappa shape index (κ1) is 12.4. The largest absolute Gasteiger partial charge is 0.313 e. The Bertz CT molecular complexity index is 306. The third-order valence-corrected chi connectivity index (χ3v) is 5.50. The topological polar surface area (TPSA) is 46.2 Å². The molecule has 0 heterocycles. The average molecular weight is 245 g/mol. The lowest BCUT2D eigenvalue weighted by Gasteiger charge is -2.17. The van der Waals surface area contributed by atoms with Crippen molar-refractivity contribution in [2.45, 2.75) is 45.1 Å². The molecule has 2 aliphatic carbocycles. The number of nitrogens with one attached hydrogen (secondary N) is 1. The molecule has 0 saturated heterocycles. The van der Waals surface area contributed by atoms with Gasteiger partial charge < -0.3 is 5.32 Å². The van der Waals surface area contributed by atoms with Gasteiger partial charge in [0.25, 0.3) is 0 Å². The number of rotatable bonds is 8. The molecular weight excluding hydrogens is 222 g/mol. The quantitative estimate of drug-likeness (QED) is 0.661. The normalized spacial score (nSPS) is 21.6. The van der Waals surface area contributed by atoms with Crippen LogP contribution < -0.4 is 5.32 Å². The predicted molar refractivity (Wildman–Crippen MR) is 66.2 cm³/mol. The Kier molecular flexibility index (Phi) is 3.90. The Morgan fingerprint density at radius 1 is 1.19 bits per heavy atom. The van der Waals surface area contributed by atoms with E-state index < -0.39 is 9.84 Å². The van der Waals surface area contributed by atoms with Crippen molar-refractivity contribution in [2.24, 2.45) is 11.8 Å². The van der Waals surface area contributed by atoms with Gasteiger partial charge in [0.2, 0.25) is 0 Å². The smallest absolute Gasteiger partial charge is 0.150 e. The van der Waals surface area contributed by atoms with Crippen molar-refractivity contribution in [1.29, 1.82) is 0 Å². The molecule has 2 saturated carbocycles. The van der Waals surface area contributed by atoms with Crippen LogP contribution in [0.1, 0.15) is 39.0 Å². The van der Waals surface area contributed by atoms with Crippen LogP contribution >= 0.6 is 0 Å². The predicted octanol–water partition coefficient (Wildman–Crippen LogP) is 1.59. The second-order valence-electron chi connectivity index (χ2n) is 5.24. The van der Waals surface area contributed by atoms with E-state index in [-0.39, 0.29) is 5.75 Å². The highest BCUT2D eigenvalue weighted by Crippen LogP contribution is 2.44. The maximum absolute atomic E-state index is 11.3. The Morgan fingerprint density at radius 3 is 2.19 bits per heavy atom. The minimum Gasteiger partial charge on any atom is -0.313 e. The lowest BCUT2D eigenvalue weighted by Crippen LogP contribution is -2.34. The van der Waals surface area contributed by atoms with Crippen molar-refractivity contribution in [1.82, 2.24) is 5.32 Å². The molecule has 2 fully saturated rings. The summed E-state index contributed by atoms with van der Waals surface area (Å²) in [5.74, 6) is 2.42. The molecule has 1 N–H and O–H groups in total. The molecule has 0 unspecified atom stereocenters. The molecule has 4 heteroatoms. The van der Waals surface area contributed by atoms with Gasteiger partial charge in [-0.15, -0.1) is 0 Å². The zero-order valence-electron chi connectivity index (χ0n) is 10.1. The molecule has 0 aromatic heterocycles. The van der Waals surface area contributed by atoms with Gasteiger partial charge in [0.05, 0.1) is 5.75 Å². The van der Waals surface area contributed by atoms with Gasteiger partial charge in [-0.05, 0) is 50.5 Å². The second kappa shape index (κ2) is 5.05. The number of hydrogen-bond acceptors (Lipinski definition) is 3. The highest BCUT2D eigenvalue weighted by molar-refractivity contribution is 7.91. The molecule has 0 amide bonds. The fraction of sp³-hybridized carbons (Fsp3) is 1.00. The van der Waals surface area contributed by atoms with Gasteiger partial charge >= 0.3 is 0 Å². The van der Waals surface area contributed by atoms with E-state index in [0.717, 1.165) is 24.8 Å². The molecule has 2 aliphatic rings. The molecule has 2 rings (SSSR count). The van der Waals surface area contributed by atoms with Gasteiger partial charge in [0, 0.05) is 11.8 Å². The van der Waals surface area contributed by atoms with Gasteiger partial charge in [-0.2, -0.15) is 0 Å². The molecular formula is C12H23NO2S. The lowest BCUT2D eigenvalue weighted by atomic mass is 10.1. The van der Waals surface area contributed by atoms with Crippen molar-refractivity contribution in [2.75, 3.05) is 18.1 Å². The van der Waals surface area contributed by atoms with E-state index >= 15 is 0 Å². The van der Waals surface area contributed by atoms with Crippen LogP contribution in [0.15, 0.2) is 0 Å². The van der Waals surface area contributed by atoms with Crippen molar-refractivity contribution < 1.29 is 8.42 Å². The van der Waals surface area contributed by atoms with Gasteiger partial charge in [-0.1, -0.05) is 6.92 Å². The van der Waals surface area contributed by atoms with E-state index in [2.05, 4.69) is 5.32 Å². The summed E-state index contributed by atoms with van der Waals surface area (Å²) in [4.78, 5) is 0.